The van der Waals surface area contributed by atoms with Gasteiger partial charge >= 0.3 is 6.18 Å². The van der Waals surface area contributed by atoms with E-state index < -0.39 is 17.3 Å². The summed E-state index contributed by atoms with van der Waals surface area (Å²) in [5, 5.41) is 10.1. The van der Waals surface area contributed by atoms with E-state index in [0.29, 0.717) is 22.6 Å². The molecule has 0 aromatic carbocycles. The zero-order valence-electron chi connectivity index (χ0n) is 21.2. The molecule has 208 valence electrons. The third kappa shape index (κ3) is 4.55. The van der Waals surface area contributed by atoms with Crippen molar-refractivity contribution in [2.75, 3.05) is 17.7 Å². The maximum atomic E-state index is 13.7. The zero-order chi connectivity index (χ0) is 28.9. The van der Waals surface area contributed by atoms with Gasteiger partial charge in [0, 0.05) is 38.9 Å². The number of aryl methyl sites for hydroxylation is 1. The molecular formula is C25H18ClF3N10O2. The molecule has 16 heteroatoms. The summed E-state index contributed by atoms with van der Waals surface area (Å²) in [5.41, 5.74) is -0.950. The van der Waals surface area contributed by atoms with Crippen molar-refractivity contribution in [2.24, 2.45) is 7.05 Å². The lowest BCUT2D eigenvalue weighted by molar-refractivity contribution is -0.137. The van der Waals surface area contributed by atoms with Gasteiger partial charge in [0.25, 0.3) is 5.56 Å². The number of hydrogen-bond acceptors (Lipinski definition) is 9. The maximum Gasteiger partial charge on any atom is 0.417 e. The molecule has 6 aromatic rings. The number of nitrogens with one attached hydrogen (secondary N) is 2. The van der Waals surface area contributed by atoms with E-state index in [1.807, 2.05) is 0 Å². The van der Waals surface area contributed by atoms with Gasteiger partial charge in [0.2, 0.25) is 5.95 Å². The number of imidazole rings is 1. The smallest absolute Gasteiger partial charge is 0.417 e. The Morgan fingerprint density at radius 2 is 1.90 bits per heavy atom. The van der Waals surface area contributed by atoms with Crippen LogP contribution in [0.25, 0.3) is 22.4 Å². The second-order valence-electron chi connectivity index (χ2n) is 8.68. The summed E-state index contributed by atoms with van der Waals surface area (Å²) < 4.78 is 51.2. The summed E-state index contributed by atoms with van der Waals surface area (Å²) in [5.74, 6) is 1.08. The number of anilines is 3. The quantitative estimate of drug-likeness (QED) is 0.284. The predicted octanol–water partition coefficient (Wildman–Crippen LogP) is 4.81. The number of alkyl halides is 3. The van der Waals surface area contributed by atoms with Crippen LogP contribution in [0.2, 0.25) is 5.02 Å². The van der Waals surface area contributed by atoms with Gasteiger partial charge < -0.3 is 19.9 Å². The Bertz CT molecular complexity index is 1990. The van der Waals surface area contributed by atoms with E-state index in [2.05, 4.69) is 35.7 Å². The second-order valence-corrected chi connectivity index (χ2v) is 9.06. The number of pyridine rings is 3. The molecule has 0 unspecified atom stereocenters. The van der Waals surface area contributed by atoms with Crippen molar-refractivity contribution in [3.8, 4) is 17.2 Å². The fourth-order valence-corrected chi connectivity index (χ4v) is 4.52. The molecule has 0 aliphatic heterocycles. The minimum atomic E-state index is -4.72. The van der Waals surface area contributed by atoms with Gasteiger partial charge in [0.05, 0.1) is 29.8 Å². The Morgan fingerprint density at radius 3 is 2.63 bits per heavy atom. The van der Waals surface area contributed by atoms with Crippen LogP contribution < -0.4 is 20.9 Å². The van der Waals surface area contributed by atoms with E-state index in [-0.39, 0.29) is 33.7 Å². The van der Waals surface area contributed by atoms with Gasteiger partial charge in [-0.2, -0.15) is 23.3 Å². The van der Waals surface area contributed by atoms with Crippen LogP contribution in [0.15, 0.2) is 66.4 Å². The van der Waals surface area contributed by atoms with Crippen LogP contribution in [0.3, 0.4) is 0 Å². The number of fused-ring (bicyclic) bond motifs is 2. The molecule has 41 heavy (non-hydrogen) atoms. The first-order valence-corrected chi connectivity index (χ1v) is 12.2. The molecule has 0 spiro atoms. The molecule has 12 nitrogen and oxygen atoms in total. The first-order chi connectivity index (χ1) is 19.7. The molecule has 0 radical (unpaired) electrons. The molecule has 0 aliphatic carbocycles. The molecule has 0 amide bonds. The minimum absolute atomic E-state index is 0.0263. The average molecular weight is 583 g/mol. The Kier molecular flexibility index (Phi) is 6.22. The van der Waals surface area contributed by atoms with E-state index in [9.17, 15) is 18.0 Å². The number of hydrogen-bond donors (Lipinski definition) is 2. The molecular weight excluding hydrogens is 565 g/mol. The first-order valence-electron chi connectivity index (χ1n) is 11.9. The maximum absolute atomic E-state index is 13.7. The average Bonchev–Trinajstić information content (AvgIpc) is 3.52. The highest BCUT2D eigenvalue weighted by atomic mass is 35.5. The van der Waals surface area contributed by atoms with Gasteiger partial charge in [-0.05, 0) is 18.2 Å². The zero-order valence-corrected chi connectivity index (χ0v) is 21.9. The fraction of sp³-hybridized carbons (Fsp3) is 0.120. The van der Waals surface area contributed by atoms with Crippen molar-refractivity contribution in [1.82, 2.24) is 38.7 Å². The molecule has 0 saturated heterocycles. The van der Waals surface area contributed by atoms with E-state index in [1.165, 1.54) is 41.5 Å². The van der Waals surface area contributed by atoms with Crippen LogP contribution in [0, 0.1) is 0 Å². The van der Waals surface area contributed by atoms with Gasteiger partial charge in [0.15, 0.2) is 28.5 Å². The van der Waals surface area contributed by atoms with Crippen molar-refractivity contribution >= 4 is 45.7 Å². The van der Waals surface area contributed by atoms with E-state index in [1.54, 1.807) is 31.0 Å². The normalized spacial score (nSPS) is 11.8. The van der Waals surface area contributed by atoms with Crippen LogP contribution >= 0.6 is 11.6 Å². The fourth-order valence-electron chi connectivity index (χ4n) is 4.22. The summed E-state index contributed by atoms with van der Waals surface area (Å²) in [7, 11) is 3.28. The van der Waals surface area contributed by atoms with Crippen molar-refractivity contribution in [2.45, 2.75) is 6.18 Å². The number of rotatable bonds is 6. The monoisotopic (exact) mass is 582 g/mol. The lowest BCUT2D eigenvalue weighted by Gasteiger charge is -2.14. The van der Waals surface area contributed by atoms with Gasteiger partial charge in [-0.1, -0.05) is 11.6 Å². The van der Waals surface area contributed by atoms with E-state index in [0.717, 1.165) is 16.8 Å². The standard InChI is InChI=1S/C25H18ClF3N10O2/c1-30-21-19-17(11-34-39(19)7-6-32-21)41-16-10-33-22-20(18(16)26)37(2)24(36-22)35-15-8-13(25(27,28)29)12-38(23(15)40)14-4-3-5-31-9-14/h3-12H,1-2H3,(H,30,32)(H,33,35,36). The molecule has 6 heterocycles. The van der Waals surface area contributed by atoms with Crippen molar-refractivity contribution in [3.63, 3.8) is 0 Å². The van der Waals surface area contributed by atoms with Gasteiger partial charge in [-0.15, -0.1) is 0 Å². The van der Waals surface area contributed by atoms with Crippen LogP contribution in [-0.2, 0) is 13.2 Å². The molecule has 0 fully saturated rings. The molecule has 0 saturated carbocycles. The lowest BCUT2D eigenvalue weighted by Crippen LogP contribution is -2.24. The summed E-state index contributed by atoms with van der Waals surface area (Å²) in [6.45, 7) is 0. The number of ether oxygens (including phenoxy) is 1. The number of halogens is 4. The lowest BCUT2D eigenvalue weighted by atomic mass is 10.2. The molecule has 6 aromatic heterocycles. The predicted molar refractivity (Wildman–Crippen MR) is 144 cm³/mol. The molecule has 2 N–H and O–H groups in total. The summed E-state index contributed by atoms with van der Waals surface area (Å²) >= 11 is 6.69. The highest BCUT2D eigenvalue weighted by Gasteiger charge is 2.33. The third-order valence-electron chi connectivity index (χ3n) is 6.17. The van der Waals surface area contributed by atoms with Crippen LogP contribution in [-0.4, -0.2) is 45.7 Å². The summed E-state index contributed by atoms with van der Waals surface area (Å²) in [6, 6.07) is 3.70. The molecule has 0 aliphatic rings. The minimum Gasteiger partial charge on any atom is -0.450 e. The molecule has 6 rings (SSSR count). The largest absolute Gasteiger partial charge is 0.450 e. The third-order valence-corrected chi connectivity index (χ3v) is 6.54. The summed E-state index contributed by atoms with van der Waals surface area (Å²) in [6.07, 6.45) is 4.81. The van der Waals surface area contributed by atoms with Crippen molar-refractivity contribution in [3.05, 3.63) is 82.5 Å². The highest BCUT2D eigenvalue weighted by molar-refractivity contribution is 6.36. The number of aromatic nitrogens is 8. The second kappa shape index (κ2) is 9.78. The summed E-state index contributed by atoms with van der Waals surface area (Å²) in [4.78, 5) is 30.0. The topological polar surface area (TPSA) is 129 Å². The SMILES string of the molecule is CNc1nccn2ncc(Oc3cnc4nc(Nc5cc(C(F)(F)F)cn(-c6cccnc6)c5=O)n(C)c4c3Cl)c12. The van der Waals surface area contributed by atoms with Gasteiger partial charge in [-0.3, -0.25) is 14.3 Å². The van der Waals surface area contributed by atoms with Gasteiger partial charge in [0.1, 0.15) is 16.2 Å². The van der Waals surface area contributed by atoms with E-state index in [4.69, 9.17) is 16.3 Å². The Morgan fingerprint density at radius 1 is 1.07 bits per heavy atom. The molecule has 0 bridgehead atoms. The first kappa shape index (κ1) is 26.1. The Balaban J connectivity index is 1.41. The van der Waals surface area contributed by atoms with Crippen molar-refractivity contribution < 1.29 is 17.9 Å². The van der Waals surface area contributed by atoms with Crippen LogP contribution in [0.4, 0.5) is 30.6 Å². The molecule has 0 atom stereocenters. The Labute approximate surface area is 233 Å². The highest BCUT2D eigenvalue weighted by Crippen LogP contribution is 2.38. The van der Waals surface area contributed by atoms with Crippen LogP contribution in [0.5, 0.6) is 11.5 Å². The number of nitrogens with zero attached hydrogens (tertiary/aromatic N) is 8. The van der Waals surface area contributed by atoms with E-state index >= 15 is 0 Å². The Hall–Kier alpha value is -5.18. The van der Waals surface area contributed by atoms with Gasteiger partial charge in [-0.25, -0.2) is 14.5 Å². The van der Waals surface area contributed by atoms with Crippen molar-refractivity contribution in [1.29, 1.82) is 0 Å². The van der Waals surface area contributed by atoms with Crippen LogP contribution in [0.1, 0.15) is 5.56 Å².